The number of benzene rings is 1. The lowest BCUT2D eigenvalue weighted by molar-refractivity contribution is 0.333. The van der Waals surface area contributed by atoms with Crippen LogP contribution in [-0.2, 0) is 10.0 Å². The second-order valence-electron chi connectivity index (χ2n) is 4.36. The third-order valence-corrected chi connectivity index (χ3v) is 3.99. The molecule has 0 bridgehead atoms. The molecule has 6 heteroatoms. The van der Waals surface area contributed by atoms with Crippen LogP contribution < -0.4 is 10.5 Å². The van der Waals surface area contributed by atoms with Gasteiger partial charge in [-0.3, -0.25) is 0 Å². The number of anilines is 1. The van der Waals surface area contributed by atoms with Crippen LogP contribution in [0.1, 0.15) is 19.3 Å². The van der Waals surface area contributed by atoms with Gasteiger partial charge in [0.15, 0.2) is 0 Å². The van der Waals surface area contributed by atoms with E-state index in [1.807, 2.05) is 0 Å². The summed E-state index contributed by atoms with van der Waals surface area (Å²) in [7, 11) is -3.83. The van der Waals surface area contributed by atoms with E-state index in [0.717, 1.165) is 12.6 Å². The Kier molecular flexibility index (Phi) is 3.35. The highest BCUT2D eigenvalue weighted by molar-refractivity contribution is 7.89. The van der Waals surface area contributed by atoms with E-state index in [2.05, 4.69) is 5.32 Å². The summed E-state index contributed by atoms with van der Waals surface area (Å²) >= 11 is 0. The zero-order valence-electron chi connectivity index (χ0n) is 9.32. The Morgan fingerprint density at radius 2 is 2.12 bits per heavy atom. The van der Waals surface area contributed by atoms with Gasteiger partial charge in [0.1, 0.15) is 5.82 Å². The lowest BCUT2D eigenvalue weighted by Gasteiger charge is -2.25. The van der Waals surface area contributed by atoms with E-state index in [4.69, 9.17) is 5.14 Å². The smallest absolute Gasteiger partial charge is 0.238 e. The molecular formula is C11H15FN2O2S. The fourth-order valence-electron chi connectivity index (χ4n) is 1.77. The molecule has 1 aliphatic rings. The fraction of sp³-hybridized carbons (Fsp3) is 0.455. The predicted molar refractivity (Wildman–Crippen MR) is 63.6 cm³/mol. The van der Waals surface area contributed by atoms with Crippen LogP contribution in [0.5, 0.6) is 0 Å². The Morgan fingerprint density at radius 3 is 2.59 bits per heavy atom. The van der Waals surface area contributed by atoms with E-state index >= 15 is 0 Å². The Morgan fingerprint density at radius 1 is 1.41 bits per heavy atom. The van der Waals surface area contributed by atoms with Gasteiger partial charge in [0.25, 0.3) is 0 Å². The summed E-state index contributed by atoms with van der Waals surface area (Å²) in [6, 6.07) is 3.66. The predicted octanol–water partition coefficient (Wildman–Crippen LogP) is 1.69. The van der Waals surface area contributed by atoms with Crippen molar-refractivity contribution in [3.63, 3.8) is 0 Å². The summed E-state index contributed by atoms with van der Waals surface area (Å²) in [5.41, 5.74) is 0.323. The van der Waals surface area contributed by atoms with Crippen molar-refractivity contribution in [3.05, 3.63) is 24.0 Å². The summed E-state index contributed by atoms with van der Waals surface area (Å²) in [5.74, 6) is 0.0168. The molecule has 1 saturated carbocycles. The van der Waals surface area contributed by atoms with Crippen molar-refractivity contribution < 1.29 is 12.8 Å². The number of nitrogens with two attached hydrogens (primary N) is 1. The number of nitrogens with one attached hydrogen (secondary N) is 1. The minimum absolute atomic E-state index is 0.204. The van der Waals surface area contributed by atoms with Crippen LogP contribution in [0.3, 0.4) is 0 Å². The molecule has 94 valence electrons. The standard InChI is InChI=1S/C11H15FN2O2S/c12-10-6-9(17(13,15)16)4-5-11(10)14-7-8-2-1-3-8/h4-6,8,14H,1-3,7H2,(H2,13,15,16). The Bertz CT molecular complexity index is 512. The van der Waals surface area contributed by atoms with Crippen LogP contribution >= 0.6 is 0 Å². The number of primary sulfonamides is 1. The van der Waals surface area contributed by atoms with Crippen LogP contribution in [0.4, 0.5) is 10.1 Å². The first-order valence-electron chi connectivity index (χ1n) is 5.53. The first kappa shape index (κ1) is 12.3. The molecule has 17 heavy (non-hydrogen) atoms. The molecule has 0 atom stereocenters. The second kappa shape index (κ2) is 4.62. The minimum atomic E-state index is -3.83. The van der Waals surface area contributed by atoms with Crippen molar-refractivity contribution in [2.75, 3.05) is 11.9 Å². The minimum Gasteiger partial charge on any atom is -0.382 e. The van der Waals surface area contributed by atoms with Gasteiger partial charge < -0.3 is 5.32 Å². The number of hydrogen-bond acceptors (Lipinski definition) is 3. The van der Waals surface area contributed by atoms with Crippen LogP contribution in [0.25, 0.3) is 0 Å². The summed E-state index contributed by atoms with van der Waals surface area (Å²) < 4.78 is 35.6. The molecule has 1 fully saturated rings. The molecule has 0 heterocycles. The van der Waals surface area contributed by atoms with Crippen LogP contribution in [0.15, 0.2) is 23.1 Å². The first-order chi connectivity index (χ1) is 7.97. The van der Waals surface area contributed by atoms with Crippen molar-refractivity contribution in [2.45, 2.75) is 24.2 Å². The maximum atomic E-state index is 13.6. The lowest BCUT2D eigenvalue weighted by atomic mass is 9.85. The topological polar surface area (TPSA) is 72.2 Å². The summed E-state index contributed by atoms with van der Waals surface area (Å²) in [4.78, 5) is -0.204. The van der Waals surface area contributed by atoms with Crippen LogP contribution in [-0.4, -0.2) is 15.0 Å². The van der Waals surface area contributed by atoms with Gasteiger partial charge in [0, 0.05) is 6.54 Å². The Labute approximate surface area is 100 Å². The lowest BCUT2D eigenvalue weighted by Crippen LogP contribution is -2.21. The number of halogens is 1. The van der Waals surface area contributed by atoms with E-state index in [-0.39, 0.29) is 4.90 Å². The molecule has 0 unspecified atom stereocenters. The van der Waals surface area contributed by atoms with Gasteiger partial charge in [-0.15, -0.1) is 0 Å². The van der Waals surface area contributed by atoms with E-state index in [9.17, 15) is 12.8 Å². The third-order valence-electron chi connectivity index (χ3n) is 3.08. The average molecular weight is 258 g/mol. The Hall–Kier alpha value is -1.14. The molecule has 1 aromatic carbocycles. The molecule has 0 aromatic heterocycles. The maximum absolute atomic E-state index is 13.6. The fourth-order valence-corrected chi connectivity index (χ4v) is 2.29. The Balaban J connectivity index is 2.08. The highest BCUT2D eigenvalue weighted by atomic mass is 32.2. The van der Waals surface area contributed by atoms with Crippen molar-refractivity contribution >= 4 is 15.7 Å². The normalized spacial score (nSPS) is 16.6. The molecule has 0 spiro atoms. The molecule has 2 rings (SSSR count). The van der Waals surface area contributed by atoms with Crippen LogP contribution in [0, 0.1) is 11.7 Å². The van der Waals surface area contributed by atoms with E-state index in [1.54, 1.807) is 0 Å². The van der Waals surface area contributed by atoms with E-state index in [1.165, 1.54) is 31.4 Å². The molecule has 1 aliphatic carbocycles. The van der Waals surface area contributed by atoms with Gasteiger partial charge in [0.2, 0.25) is 10.0 Å². The number of sulfonamides is 1. The van der Waals surface area contributed by atoms with Crippen molar-refractivity contribution in [1.82, 2.24) is 0 Å². The molecule has 0 radical (unpaired) electrons. The van der Waals surface area contributed by atoms with Gasteiger partial charge in [0.05, 0.1) is 10.6 Å². The van der Waals surface area contributed by atoms with E-state index < -0.39 is 15.8 Å². The molecule has 0 aliphatic heterocycles. The highest BCUT2D eigenvalue weighted by Crippen LogP contribution is 2.27. The molecule has 4 nitrogen and oxygen atoms in total. The van der Waals surface area contributed by atoms with Crippen molar-refractivity contribution in [2.24, 2.45) is 11.1 Å². The third kappa shape index (κ3) is 2.95. The van der Waals surface area contributed by atoms with E-state index in [0.29, 0.717) is 11.6 Å². The highest BCUT2D eigenvalue weighted by Gasteiger charge is 2.18. The van der Waals surface area contributed by atoms with Gasteiger partial charge in [-0.1, -0.05) is 6.42 Å². The van der Waals surface area contributed by atoms with Gasteiger partial charge in [-0.2, -0.15) is 0 Å². The average Bonchev–Trinajstić information content (AvgIpc) is 2.16. The second-order valence-corrected chi connectivity index (χ2v) is 5.93. The largest absolute Gasteiger partial charge is 0.382 e. The summed E-state index contributed by atoms with van der Waals surface area (Å²) in [6.07, 6.45) is 3.58. The molecule has 1 aromatic rings. The summed E-state index contributed by atoms with van der Waals surface area (Å²) in [5, 5.41) is 7.90. The van der Waals surface area contributed by atoms with Crippen molar-refractivity contribution in [3.8, 4) is 0 Å². The summed E-state index contributed by atoms with van der Waals surface area (Å²) in [6.45, 7) is 0.728. The molecule has 0 saturated heterocycles. The first-order valence-corrected chi connectivity index (χ1v) is 7.07. The molecule has 0 amide bonds. The molecular weight excluding hydrogens is 243 g/mol. The number of rotatable bonds is 4. The van der Waals surface area contributed by atoms with Gasteiger partial charge in [-0.05, 0) is 37.0 Å². The quantitative estimate of drug-likeness (QED) is 0.863. The zero-order valence-corrected chi connectivity index (χ0v) is 10.1. The SMILES string of the molecule is NS(=O)(=O)c1ccc(NCC2CCC2)c(F)c1. The zero-order chi connectivity index (χ0) is 12.5. The van der Waals surface area contributed by atoms with Crippen molar-refractivity contribution in [1.29, 1.82) is 0 Å². The van der Waals surface area contributed by atoms with Crippen LogP contribution in [0.2, 0.25) is 0 Å². The molecule has 3 N–H and O–H groups in total. The van der Waals surface area contributed by atoms with Gasteiger partial charge >= 0.3 is 0 Å². The maximum Gasteiger partial charge on any atom is 0.238 e. The van der Waals surface area contributed by atoms with Gasteiger partial charge in [-0.25, -0.2) is 17.9 Å². The number of hydrogen-bond donors (Lipinski definition) is 2. The monoisotopic (exact) mass is 258 g/mol.